The molecule has 0 saturated heterocycles. The van der Waals surface area contributed by atoms with E-state index in [1.165, 1.54) is 16.0 Å². The number of hydrogen-bond acceptors (Lipinski definition) is 4. The smallest absolute Gasteiger partial charge is 0.123 e. The van der Waals surface area contributed by atoms with Gasteiger partial charge < -0.3 is 10.4 Å². The maximum absolute atomic E-state index is 10.0. The molecule has 1 fully saturated rings. The number of thiazole rings is 1. The summed E-state index contributed by atoms with van der Waals surface area (Å²) in [6, 6.07) is 8.45. The van der Waals surface area contributed by atoms with E-state index in [-0.39, 0.29) is 0 Å². The molecule has 0 radical (unpaired) electrons. The summed E-state index contributed by atoms with van der Waals surface area (Å²) in [5.41, 5.74) is 1.98. The van der Waals surface area contributed by atoms with E-state index in [0.29, 0.717) is 6.54 Å². The Balaban J connectivity index is 1.57. The first-order valence-electron chi connectivity index (χ1n) is 7.10. The van der Waals surface area contributed by atoms with Crippen molar-refractivity contribution in [2.45, 2.75) is 38.3 Å². The molecular formula is C16H20N2OS. The van der Waals surface area contributed by atoms with Gasteiger partial charge in [-0.05, 0) is 26.2 Å². The van der Waals surface area contributed by atoms with Gasteiger partial charge in [-0.2, -0.15) is 0 Å². The number of aryl methyl sites for hydroxylation is 1. The fourth-order valence-corrected chi connectivity index (χ4v) is 3.29. The van der Waals surface area contributed by atoms with Gasteiger partial charge >= 0.3 is 0 Å². The van der Waals surface area contributed by atoms with Gasteiger partial charge in [0.2, 0.25) is 0 Å². The van der Waals surface area contributed by atoms with Gasteiger partial charge in [0, 0.05) is 29.7 Å². The molecule has 2 aromatic rings. The Morgan fingerprint density at radius 3 is 2.70 bits per heavy atom. The third-order valence-electron chi connectivity index (χ3n) is 3.89. The molecule has 1 aromatic carbocycles. The first-order valence-corrected chi connectivity index (χ1v) is 7.91. The topological polar surface area (TPSA) is 45.2 Å². The predicted molar refractivity (Wildman–Crippen MR) is 82.8 cm³/mol. The van der Waals surface area contributed by atoms with E-state index < -0.39 is 5.60 Å². The lowest BCUT2D eigenvalue weighted by atomic mass is 9.80. The highest BCUT2D eigenvalue weighted by Crippen LogP contribution is 2.31. The summed E-state index contributed by atoms with van der Waals surface area (Å²) in [6.45, 7) is 3.56. The Bertz CT molecular complexity index is 572. The quantitative estimate of drug-likeness (QED) is 0.888. The maximum Gasteiger partial charge on any atom is 0.123 e. The van der Waals surface area contributed by atoms with Crippen LogP contribution in [-0.2, 0) is 6.54 Å². The maximum atomic E-state index is 10.0. The van der Waals surface area contributed by atoms with E-state index in [1.807, 2.05) is 6.20 Å². The molecule has 1 aromatic heterocycles. The van der Waals surface area contributed by atoms with E-state index >= 15 is 0 Å². The number of rotatable bonds is 5. The normalized spacial score (nSPS) is 16.9. The zero-order valence-corrected chi connectivity index (χ0v) is 12.5. The van der Waals surface area contributed by atoms with Crippen LogP contribution in [0.4, 0.5) is 0 Å². The number of hydrogen-bond donors (Lipinski definition) is 2. The molecule has 1 aliphatic carbocycles. The lowest BCUT2D eigenvalue weighted by molar-refractivity contribution is -0.0314. The Labute approximate surface area is 123 Å². The summed E-state index contributed by atoms with van der Waals surface area (Å²) in [6.07, 6.45) is 4.93. The van der Waals surface area contributed by atoms with Crippen LogP contribution in [0.15, 0.2) is 30.5 Å². The molecule has 3 nitrogen and oxygen atoms in total. The van der Waals surface area contributed by atoms with Gasteiger partial charge in [0.25, 0.3) is 0 Å². The molecule has 106 valence electrons. The largest absolute Gasteiger partial charge is 0.389 e. The van der Waals surface area contributed by atoms with Crippen molar-refractivity contribution in [1.29, 1.82) is 0 Å². The van der Waals surface area contributed by atoms with Crippen LogP contribution in [0.5, 0.6) is 0 Å². The predicted octanol–water partition coefficient (Wildman–Crippen LogP) is 3.12. The second kappa shape index (κ2) is 5.64. The van der Waals surface area contributed by atoms with Crippen LogP contribution >= 0.6 is 11.3 Å². The van der Waals surface area contributed by atoms with E-state index in [2.05, 4.69) is 41.5 Å². The SMILES string of the molecule is Cc1ccc(-c2ncc(CNCC3(O)CCC3)s2)cc1. The average molecular weight is 288 g/mol. The number of benzene rings is 1. The monoisotopic (exact) mass is 288 g/mol. The van der Waals surface area contributed by atoms with Gasteiger partial charge in [-0.15, -0.1) is 11.3 Å². The van der Waals surface area contributed by atoms with Crippen molar-refractivity contribution < 1.29 is 5.11 Å². The molecule has 2 N–H and O–H groups in total. The van der Waals surface area contributed by atoms with E-state index in [9.17, 15) is 5.11 Å². The lowest BCUT2D eigenvalue weighted by Crippen LogP contribution is -2.45. The third-order valence-corrected chi connectivity index (χ3v) is 4.94. The third kappa shape index (κ3) is 3.08. The summed E-state index contributed by atoms with van der Waals surface area (Å²) in [5, 5.41) is 14.4. The lowest BCUT2D eigenvalue weighted by Gasteiger charge is -2.36. The van der Waals surface area contributed by atoms with Crippen molar-refractivity contribution >= 4 is 11.3 Å². The second-order valence-corrected chi connectivity index (χ2v) is 6.79. The Morgan fingerprint density at radius 1 is 1.30 bits per heavy atom. The molecule has 0 aliphatic heterocycles. The van der Waals surface area contributed by atoms with Crippen LogP contribution in [0.1, 0.15) is 29.7 Å². The van der Waals surface area contributed by atoms with Crippen molar-refractivity contribution in [2.24, 2.45) is 0 Å². The number of aliphatic hydroxyl groups is 1. The van der Waals surface area contributed by atoms with Gasteiger partial charge in [-0.1, -0.05) is 29.8 Å². The zero-order valence-electron chi connectivity index (χ0n) is 11.7. The molecule has 4 heteroatoms. The summed E-state index contributed by atoms with van der Waals surface area (Å²) < 4.78 is 0. The van der Waals surface area contributed by atoms with E-state index in [1.54, 1.807) is 11.3 Å². The molecule has 20 heavy (non-hydrogen) atoms. The molecule has 0 atom stereocenters. The van der Waals surface area contributed by atoms with Gasteiger partial charge in [0.05, 0.1) is 5.60 Å². The molecule has 0 spiro atoms. The zero-order chi connectivity index (χ0) is 14.0. The average Bonchev–Trinajstić information content (AvgIpc) is 2.86. The van der Waals surface area contributed by atoms with Crippen molar-refractivity contribution in [3.05, 3.63) is 40.9 Å². The van der Waals surface area contributed by atoms with Crippen LogP contribution in [0, 0.1) is 6.92 Å². The molecule has 0 unspecified atom stereocenters. The fraction of sp³-hybridized carbons (Fsp3) is 0.438. The summed E-state index contributed by atoms with van der Waals surface area (Å²) >= 11 is 1.71. The Kier molecular flexibility index (Phi) is 3.87. The van der Waals surface area contributed by atoms with Crippen molar-refractivity contribution in [2.75, 3.05) is 6.54 Å². The van der Waals surface area contributed by atoms with Gasteiger partial charge in [-0.3, -0.25) is 0 Å². The van der Waals surface area contributed by atoms with Gasteiger partial charge in [0.15, 0.2) is 0 Å². The van der Waals surface area contributed by atoms with Crippen molar-refractivity contribution in [3.63, 3.8) is 0 Å². The van der Waals surface area contributed by atoms with Gasteiger partial charge in [-0.25, -0.2) is 4.98 Å². The molecule has 1 saturated carbocycles. The first kappa shape index (κ1) is 13.7. The molecular weight excluding hydrogens is 268 g/mol. The number of aromatic nitrogens is 1. The Morgan fingerprint density at radius 2 is 2.05 bits per heavy atom. The Hall–Kier alpha value is -1.23. The minimum absolute atomic E-state index is 0.454. The van der Waals surface area contributed by atoms with Crippen molar-refractivity contribution in [1.82, 2.24) is 10.3 Å². The van der Waals surface area contributed by atoms with E-state index in [0.717, 1.165) is 30.8 Å². The first-order chi connectivity index (χ1) is 9.65. The van der Waals surface area contributed by atoms with Crippen LogP contribution in [0.2, 0.25) is 0 Å². The molecule has 1 aliphatic rings. The van der Waals surface area contributed by atoms with E-state index in [4.69, 9.17) is 0 Å². The van der Waals surface area contributed by atoms with Crippen LogP contribution in [-0.4, -0.2) is 22.2 Å². The van der Waals surface area contributed by atoms with Crippen LogP contribution in [0.3, 0.4) is 0 Å². The highest BCUT2D eigenvalue weighted by atomic mass is 32.1. The molecule has 3 rings (SSSR count). The highest BCUT2D eigenvalue weighted by molar-refractivity contribution is 7.15. The standard InChI is InChI=1S/C16H20N2OS/c1-12-3-5-13(6-4-12)15-18-10-14(20-15)9-17-11-16(19)7-2-8-16/h3-6,10,17,19H,2,7-9,11H2,1H3. The summed E-state index contributed by atoms with van der Waals surface area (Å²) in [4.78, 5) is 5.69. The van der Waals surface area contributed by atoms with Crippen LogP contribution < -0.4 is 5.32 Å². The minimum atomic E-state index is -0.454. The second-order valence-electron chi connectivity index (χ2n) is 5.68. The van der Waals surface area contributed by atoms with Crippen LogP contribution in [0.25, 0.3) is 10.6 Å². The minimum Gasteiger partial charge on any atom is -0.389 e. The highest BCUT2D eigenvalue weighted by Gasteiger charge is 2.33. The number of nitrogens with zero attached hydrogens (tertiary/aromatic N) is 1. The summed E-state index contributed by atoms with van der Waals surface area (Å²) in [5.74, 6) is 0. The molecule has 0 amide bonds. The molecule has 1 heterocycles. The number of nitrogens with one attached hydrogen (secondary N) is 1. The molecule has 0 bridgehead atoms. The van der Waals surface area contributed by atoms with Gasteiger partial charge in [0.1, 0.15) is 5.01 Å². The van der Waals surface area contributed by atoms with Crippen molar-refractivity contribution in [3.8, 4) is 10.6 Å². The summed E-state index contributed by atoms with van der Waals surface area (Å²) in [7, 11) is 0. The fourth-order valence-electron chi connectivity index (χ4n) is 2.40.